The summed E-state index contributed by atoms with van der Waals surface area (Å²) in [5, 5.41) is 0. The van der Waals surface area contributed by atoms with Crippen LogP contribution in [0.15, 0.2) is 43.0 Å². The van der Waals surface area contributed by atoms with Gasteiger partial charge in [0.05, 0.1) is 0 Å². The van der Waals surface area contributed by atoms with Crippen LogP contribution in [0.25, 0.3) is 0 Å². The Morgan fingerprint density at radius 2 is 2.00 bits per heavy atom. The van der Waals surface area contributed by atoms with Crippen LogP contribution in [0.1, 0.15) is 0 Å². The van der Waals surface area contributed by atoms with E-state index >= 15 is 0 Å². The zero-order chi connectivity index (χ0) is 7.23. The van der Waals surface area contributed by atoms with Crippen molar-refractivity contribution in [2.24, 2.45) is 0 Å². The summed E-state index contributed by atoms with van der Waals surface area (Å²) in [4.78, 5) is 0. The molecule has 0 aromatic heterocycles. The van der Waals surface area contributed by atoms with Crippen LogP contribution in [0.5, 0.6) is 0 Å². The summed E-state index contributed by atoms with van der Waals surface area (Å²) < 4.78 is 2.80. The average molecular weight is 237 g/mol. The van der Waals surface area contributed by atoms with E-state index in [1.165, 1.54) is 4.44 Å². The molecule has 0 unspecified atom stereocenters. The zero-order valence-electron chi connectivity index (χ0n) is 5.88. The van der Waals surface area contributed by atoms with Crippen molar-refractivity contribution >= 4 is 24.7 Å². The van der Waals surface area contributed by atoms with Gasteiger partial charge in [-0.2, -0.15) is 0 Å². The van der Waals surface area contributed by atoms with Crippen molar-refractivity contribution in [3.05, 3.63) is 43.0 Å². The van der Waals surface area contributed by atoms with Gasteiger partial charge in [-0.15, -0.1) is 0 Å². The van der Waals surface area contributed by atoms with Gasteiger partial charge in [-0.25, -0.2) is 0 Å². The topological polar surface area (TPSA) is 0 Å². The normalized spacial score (nSPS) is 9.20. The van der Waals surface area contributed by atoms with Gasteiger partial charge in [0.1, 0.15) is 0 Å². The molecule has 1 heteroatoms. The molecule has 0 aliphatic carbocycles. The van der Waals surface area contributed by atoms with E-state index in [0.29, 0.717) is 0 Å². The molecule has 0 saturated heterocycles. The molecule has 10 heavy (non-hydrogen) atoms. The maximum atomic E-state index is 3.72. The van der Waals surface area contributed by atoms with Crippen molar-refractivity contribution in [1.82, 2.24) is 0 Å². The van der Waals surface area contributed by atoms with E-state index in [1.807, 2.05) is 6.08 Å². The van der Waals surface area contributed by atoms with Gasteiger partial charge >= 0.3 is 72.1 Å². The molecule has 2 radical (unpaired) electrons. The molecule has 0 heterocycles. The van der Waals surface area contributed by atoms with Crippen LogP contribution in [0, 0.1) is 0 Å². The number of hydrogen-bond donors (Lipinski definition) is 0. The van der Waals surface area contributed by atoms with Crippen molar-refractivity contribution in [2.75, 3.05) is 0 Å². The molecule has 0 aliphatic heterocycles. The third-order valence-electron chi connectivity index (χ3n) is 1.22. The Bertz CT molecular complexity index is 191. The van der Waals surface area contributed by atoms with Gasteiger partial charge in [-0.1, -0.05) is 0 Å². The Hall–Kier alpha value is -0.241. The standard InChI is InChI=1S/C6H5.C3H5.Sn/c1-2-4-6-5-3-1;1-3-2;/h1-5H;3H,1-2H2;. The molecule has 0 atom stereocenters. The Morgan fingerprint density at radius 1 is 1.30 bits per heavy atom. The van der Waals surface area contributed by atoms with Crippen LogP contribution in [0.3, 0.4) is 0 Å². The SMILES string of the molecule is C=C[CH2][Sn][c]1ccccc1. The molecule has 1 aromatic carbocycles. The van der Waals surface area contributed by atoms with Crippen molar-refractivity contribution in [2.45, 2.75) is 4.44 Å². The summed E-state index contributed by atoms with van der Waals surface area (Å²) >= 11 is -0.286. The zero-order valence-corrected chi connectivity index (χ0v) is 8.73. The van der Waals surface area contributed by atoms with Gasteiger partial charge in [-0.05, 0) is 0 Å². The minimum atomic E-state index is -0.286. The first-order valence-electron chi connectivity index (χ1n) is 3.33. The molecule has 0 aliphatic rings. The van der Waals surface area contributed by atoms with E-state index < -0.39 is 0 Å². The number of allylic oxidation sites excluding steroid dienone is 1. The van der Waals surface area contributed by atoms with Crippen LogP contribution < -0.4 is 3.58 Å². The van der Waals surface area contributed by atoms with Crippen LogP contribution in [0.2, 0.25) is 4.44 Å². The van der Waals surface area contributed by atoms with E-state index in [-0.39, 0.29) is 21.1 Å². The van der Waals surface area contributed by atoms with Crippen molar-refractivity contribution in [3.63, 3.8) is 0 Å². The summed E-state index contributed by atoms with van der Waals surface area (Å²) in [5.74, 6) is 0. The van der Waals surface area contributed by atoms with Crippen LogP contribution in [-0.4, -0.2) is 21.1 Å². The Kier molecular flexibility index (Phi) is 3.58. The molecule has 0 spiro atoms. The summed E-state index contributed by atoms with van der Waals surface area (Å²) in [6.07, 6.45) is 2.03. The second-order valence-electron chi connectivity index (χ2n) is 2.04. The first-order chi connectivity index (χ1) is 4.93. The van der Waals surface area contributed by atoms with Crippen molar-refractivity contribution in [1.29, 1.82) is 0 Å². The fourth-order valence-electron chi connectivity index (χ4n) is 0.746. The Labute approximate surface area is 72.2 Å². The average Bonchev–Trinajstić information content (AvgIpc) is 2.03. The summed E-state index contributed by atoms with van der Waals surface area (Å²) in [5.41, 5.74) is 0. The van der Waals surface area contributed by atoms with Gasteiger partial charge in [0, 0.05) is 0 Å². The molecule has 0 N–H and O–H groups in total. The molecule has 0 fully saturated rings. The van der Waals surface area contributed by atoms with Crippen molar-refractivity contribution in [3.8, 4) is 0 Å². The fraction of sp³-hybridized carbons (Fsp3) is 0.111. The second kappa shape index (κ2) is 4.56. The Balaban J connectivity index is 2.50. The first kappa shape index (κ1) is 7.86. The molecule has 1 aromatic rings. The fourth-order valence-corrected chi connectivity index (χ4v) is 3.05. The predicted octanol–water partition coefficient (Wildman–Crippen LogP) is 1.62. The Morgan fingerprint density at radius 3 is 2.60 bits per heavy atom. The maximum absolute atomic E-state index is 3.72. The molecule has 50 valence electrons. The van der Waals surface area contributed by atoms with Crippen LogP contribution in [0.4, 0.5) is 0 Å². The molecule has 1 rings (SSSR count). The molecule has 0 bridgehead atoms. The molecule has 0 amide bonds. The molecule has 0 nitrogen and oxygen atoms in total. The summed E-state index contributed by atoms with van der Waals surface area (Å²) in [6, 6.07) is 10.7. The van der Waals surface area contributed by atoms with E-state index in [1.54, 1.807) is 3.58 Å². The predicted molar refractivity (Wildman–Crippen MR) is 46.8 cm³/mol. The quantitative estimate of drug-likeness (QED) is 0.553. The number of rotatable bonds is 3. The minimum absolute atomic E-state index is 0.286. The third kappa shape index (κ3) is 2.56. The van der Waals surface area contributed by atoms with Gasteiger partial charge in [0.2, 0.25) is 0 Å². The van der Waals surface area contributed by atoms with Gasteiger partial charge in [0.25, 0.3) is 0 Å². The van der Waals surface area contributed by atoms with Crippen LogP contribution in [-0.2, 0) is 0 Å². The first-order valence-corrected chi connectivity index (χ1v) is 6.78. The number of benzene rings is 1. The van der Waals surface area contributed by atoms with E-state index in [9.17, 15) is 0 Å². The monoisotopic (exact) mass is 238 g/mol. The molecular formula is C9H10Sn. The van der Waals surface area contributed by atoms with Gasteiger partial charge < -0.3 is 0 Å². The van der Waals surface area contributed by atoms with E-state index in [2.05, 4.69) is 36.9 Å². The third-order valence-corrected chi connectivity index (χ3v) is 4.75. The van der Waals surface area contributed by atoms with Crippen molar-refractivity contribution < 1.29 is 0 Å². The number of hydrogen-bond acceptors (Lipinski definition) is 0. The van der Waals surface area contributed by atoms with E-state index in [0.717, 1.165) is 0 Å². The van der Waals surface area contributed by atoms with Gasteiger partial charge in [0.15, 0.2) is 0 Å². The van der Waals surface area contributed by atoms with Crippen LogP contribution >= 0.6 is 0 Å². The summed E-state index contributed by atoms with van der Waals surface area (Å²) in [6.45, 7) is 3.72. The summed E-state index contributed by atoms with van der Waals surface area (Å²) in [7, 11) is 0. The second-order valence-corrected chi connectivity index (χ2v) is 5.86. The molecular weight excluding hydrogens is 227 g/mol. The molecule has 0 saturated carbocycles. The van der Waals surface area contributed by atoms with Gasteiger partial charge in [-0.3, -0.25) is 0 Å². The van der Waals surface area contributed by atoms with E-state index in [4.69, 9.17) is 0 Å².